The molecule has 0 aromatic heterocycles. The molecule has 0 aliphatic carbocycles. The van der Waals surface area contributed by atoms with E-state index in [2.05, 4.69) is 10.6 Å². The first kappa shape index (κ1) is 19.9. The van der Waals surface area contributed by atoms with Crippen LogP contribution in [0.15, 0.2) is 24.3 Å². The molecule has 0 spiro atoms. The highest BCUT2D eigenvalue weighted by molar-refractivity contribution is 7.91. The Balaban J connectivity index is 0.00000264. The van der Waals surface area contributed by atoms with Crippen molar-refractivity contribution >= 4 is 33.8 Å². The van der Waals surface area contributed by atoms with E-state index in [1.165, 1.54) is 0 Å². The fourth-order valence-corrected chi connectivity index (χ4v) is 3.07. The number of amides is 1. The number of anilines is 1. The predicted octanol–water partition coefficient (Wildman–Crippen LogP) is 1.36. The van der Waals surface area contributed by atoms with Gasteiger partial charge in [0.15, 0.2) is 9.84 Å². The topological polar surface area (TPSA) is 84.5 Å². The van der Waals surface area contributed by atoms with Gasteiger partial charge in [-0.3, -0.25) is 4.79 Å². The molecule has 1 heterocycles. The molecule has 1 aromatic carbocycles. The summed E-state index contributed by atoms with van der Waals surface area (Å²) in [6, 6.07) is 6.91. The number of rotatable bonds is 5. The van der Waals surface area contributed by atoms with E-state index in [0.717, 1.165) is 6.54 Å². The number of ether oxygens (including phenoxy) is 1. The number of carbonyl (C=O) groups is 1. The van der Waals surface area contributed by atoms with Gasteiger partial charge in [0.2, 0.25) is 0 Å². The summed E-state index contributed by atoms with van der Waals surface area (Å²) in [6.07, 6.45) is -0.517. The second kappa shape index (κ2) is 8.63. The predicted molar refractivity (Wildman–Crippen MR) is 92.7 cm³/mol. The highest BCUT2D eigenvalue weighted by Crippen LogP contribution is 2.16. The van der Waals surface area contributed by atoms with Gasteiger partial charge in [-0.2, -0.15) is 0 Å². The lowest BCUT2D eigenvalue weighted by atomic mass is 10.2. The number of nitrogens with one attached hydrogen (secondary N) is 2. The smallest absolute Gasteiger partial charge is 0.254 e. The molecule has 1 atom stereocenters. The van der Waals surface area contributed by atoms with Gasteiger partial charge in [-0.05, 0) is 31.5 Å². The van der Waals surface area contributed by atoms with Crippen LogP contribution in [0.4, 0.5) is 5.69 Å². The van der Waals surface area contributed by atoms with Crippen molar-refractivity contribution in [2.24, 2.45) is 0 Å². The van der Waals surface area contributed by atoms with Gasteiger partial charge in [0.05, 0.1) is 17.6 Å². The Hall–Kier alpha value is -1.15. The molecule has 1 aliphatic rings. The molecule has 0 bridgehead atoms. The summed E-state index contributed by atoms with van der Waals surface area (Å²) in [4.78, 5) is 12.1. The molecular weight excluding hydrogens is 340 g/mol. The SMILES string of the molecule is CC(C)S(=O)(=O)Cc1cccc(NC(=O)C2CNCCO2)c1.Cl. The number of hydrogen-bond donors (Lipinski definition) is 2. The second-order valence-corrected chi connectivity index (χ2v) is 8.17. The number of morpholine rings is 1. The Bertz CT molecular complexity index is 628. The van der Waals surface area contributed by atoms with Crippen LogP contribution in [-0.2, 0) is 25.1 Å². The van der Waals surface area contributed by atoms with Crippen LogP contribution in [0.2, 0.25) is 0 Å². The van der Waals surface area contributed by atoms with Crippen molar-refractivity contribution in [2.45, 2.75) is 31.0 Å². The van der Waals surface area contributed by atoms with Crippen molar-refractivity contribution in [1.82, 2.24) is 5.32 Å². The third kappa shape index (κ3) is 5.76. The van der Waals surface area contributed by atoms with Crippen LogP contribution in [0.1, 0.15) is 19.4 Å². The number of sulfone groups is 1. The minimum atomic E-state index is -3.16. The molecule has 1 fully saturated rings. The van der Waals surface area contributed by atoms with E-state index in [-0.39, 0.29) is 24.1 Å². The van der Waals surface area contributed by atoms with Crippen molar-refractivity contribution in [3.8, 4) is 0 Å². The third-order valence-electron chi connectivity index (χ3n) is 3.50. The minimum Gasteiger partial charge on any atom is -0.366 e. The first-order valence-corrected chi connectivity index (χ1v) is 9.04. The van der Waals surface area contributed by atoms with Crippen molar-refractivity contribution in [2.75, 3.05) is 25.0 Å². The molecule has 6 nitrogen and oxygen atoms in total. The summed E-state index contributed by atoms with van der Waals surface area (Å²) in [6.45, 7) is 5.05. The molecular formula is C15H23ClN2O4S. The van der Waals surface area contributed by atoms with Crippen LogP contribution in [0.5, 0.6) is 0 Å². The van der Waals surface area contributed by atoms with Crippen molar-refractivity contribution < 1.29 is 17.9 Å². The number of hydrogen-bond acceptors (Lipinski definition) is 5. The molecule has 0 saturated carbocycles. The van der Waals surface area contributed by atoms with Crippen LogP contribution in [-0.4, -0.2) is 45.4 Å². The molecule has 1 unspecified atom stereocenters. The van der Waals surface area contributed by atoms with Crippen molar-refractivity contribution in [1.29, 1.82) is 0 Å². The zero-order chi connectivity index (χ0) is 16.2. The van der Waals surface area contributed by atoms with Crippen LogP contribution in [0.3, 0.4) is 0 Å². The Labute approximate surface area is 143 Å². The summed E-state index contributed by atoms with van der Waals surface area (Å²) in [7, 11) is -3.16. The van der Waals surface area contributed by atoms with Gasteiger partial charge in [-0.25, -0.2) is 8.42 Å². The molecule has 23 heavy (non-hydrogen) atoms. The van der Waals surface area contributed by atoms with Crippen molar-refractivity contribution in [3.63, 3.8) is 0 Å². The minimum absolute atomic E-state index is 0. The summed E-state index contributed by atoms with van der Waals surface area (Å²) in [5.41, 5.74) is 1.24. The van der Waals surface area contributed by atoms with Crippen LogP contribution >= 0.6 is 12.4 Å². The van der Waals surface area contributed by atoms with Gasteiger partial charge >= 0.3 is 0 Å². The zero-order valence-corrected chi connectivity index (χ0v) is 14.9. The lowest BCUT2D eigenvalue weighted by Crippen LogP contribution is -2.45. The molecule has 1 aliphatic heterocycles. The quantitative estimate of drug-likeness (QED) is 0.826. The fourth-order valence-electron chi connectivity index (χ4n) is 2.09. The molecule has 1 amide bonds. The molecule has 130 valence electrons. The summed E-state index contributed by atoms with van der Waals surface area (Å²) >= 11 is 0. The van der Waals surface area contributed by atoms with Gasteiger partial charge in [0, 0.05) is 18.8 Å². The van der Waals surface area contributed by atoms with E-state index < -0.39 is 21.2 Å². The Morgan fingerprint density at radius 2 is 2.17 bits per heavy atom. The first-order valence-electron chi connectivity index (χ1n) is 7.32. The summed E-state index contributed by atoms with van der Waals surface area (Å²) in [5, 5.41) is 5.44. The molecule has 8 heteroatoms. The van der Waals surface area contributed by atoms with Gasteiger partial charge in [-0.1, -0.05) is 12.1 Å². The van der Waals surface area contributed by atoms with E-state index >= 15 is 0 Å². The Morgan fingerprint density at radius 1 is 1.43 bits per heavy atom. The highest BCUT2D eigenvalue weighted by Gasteiger charge is 2.22. The summed E-state index contributed by atoms with van der Waals surface area (Å²) in [5.74, 6) is -0.258. The average molecular weight is 363 g/mol. The molecule has 1 saturated heterocycles. The lowest BCUT2D eigenvalue weighted by molar-refractivity contribution is -0.128. The molecule has 1 aromatic rings. The molecule has 2 N–H and O–H groups in total. The van der Waals surface area contributed by atoms with E-state index in [0.29, 0.717) is 24.4 Å². The standard InChI is InChI=1S/C15H22N2O4S.ClH/c1-11(2)22(19,20)10-12-4-3-5-13(8-12)17-15(18)14-9-16-6-7-21-14;/h3-5,8,11,14,16H,6-7,9-10H2,1-2H3,(H,17,18);1H. The number of carbonyl (C=O) groups excluding carboxylic acids is 1. The maximum Gasteiger partial charge on any atom is 0.254 e. The normalized spacial score (nSPS) is 18.3. The van der Waals surface area contributed by atoms with Gasteiger partial charge in [-0.15, -0.1) is 12.4 Å². The average Bonchev–Trinajstić information content (AvgIpc) is 2.48. The Morgan fingerprint density at radius 3 is 2.78 bits per heavy atom. The second-order valence-electron chi connectivity index (χ2n) is 5.61. The van der Waals surface area contributed by atoms with Crippen LogP contribution < -0.4 is 10.6 Å². The maximum absolute atomic E-state index is 12.1. The van der Waals surface area contributed by atoms with E-state index in [1.807, 2.05) is 0 Å². The van der Waals surface area contributed by atoms with Gasteiger partial charge in [0.1, 0.15) is 6.10 Å². The molecule has 2 rings (SSSR count). The van der Waals surface area contributed by atoms with Gasteiger partial charge < -0.3 is 15.4 Å². The maximum atomic E-state index is 12.1. The summed E-state index contributed by atoms with van der Waals surface area (Å²) < 4.78 is 29.3. The fraction of sp³-hybridized carbons (Fsp3) is 0.533. The number of benzene rings is 1. The van der Waals surface area contributed by atoms with Gasteiger partial charge in [0.25, 0.3) is 5.91 Å². The zero-order valence-electron chi connectivity index (χ0n) is 13.2. The van der Waals surface area contributed by atoms with E-state index in [9.17, 15) is 13.2 Å². The van der Waals surface area contributed by atoms with E-state index in [1.54, 1.807) is 38.1 Å². The van der Waals surface area contributed by atoms with Crippen molar-refractivity contribution in [3.05, 3.63) is 29.8 Å². The molecule has 0 radical (unpaired) electrons. The lowest BCUT2D eigenvalue weighted by Gasteiger charge is -2.22. The van der Waals surface area contributed by atoms with Crippen LogP contribution in [0.25, 0.3) is 0 Å². The Kier molecular flexibility index (Phi) is 7.47. The third-order valence-corrected chi connectivity index (χ3v) is 5.67. The highest BCUT2D eigenvalue weighted by atomic mass is 35.5. The monoisotopic (exact) mass is 362 g/mol. The van der Waals surface area contributed by atoms with E-state index in [4.69, 9.17) is 4.74 Å². The van der Waals surface area contributed by atoms with Crippen LogP contribution in [0, 0.1) is 0 Å². The number of halogens is 1. The first-order chi connectivity index (χ1) is 10.4. The largest absolute Gasteiger partial charge is 0.366 e.